The number of allylic oxidation sites excluding steroid dienone is 4. The van der Waals surface area contributed by atoms with E-state index in [1.165, 1.54) is 25.7 Å². The average Bonchev–Trinajstić information content (AvgIpc) is 2.55. The monoisotopic (exact) mass is 132 g/mol. The summed E-state index contributed by atoms with van der Waals surface area (Å²) in [5, 5.41) is 0. The molecule has 0 heterocycles. The van der Waals surface area contributed by atoms with E-state index in [1.54, 1.807) is 5.57 Å². The maximum atomic E-state index is 2.47. The highest BCUT2D eigenvalue weighted by molar-refractivity contribution is 5.42. The third-order valence-electron chi connectivity index (χ3n) is 3.47. The molecule has 0 saturated heterocycles. The maximum absolute atomic E-state index is 2.47. The molecule has 0 radical (unpaired) electrons. The molecule has 10 heavy (non-hydrogen) atoms. The van der Waals surface area contributed by atoms with Crippen molar-refractivity contribution >= 4 is 0 Å². The topological polar surface area (TPSA) is 0 Å². The van der Waals surface area contributed by atoms with Crippen LogP contribution in [0.4, 0.5) is 0 Å². The summed E-state index contributed by atoms with van der Waals surface area (Å²) in [5.41, 5.74) is 2.51. The van der Waals surface area contributed by atoms with Gasteiger partial charge in [-0.2, -0.15) is 0 Å². The van der Waals surface area contributed by atoms with Gasteiger partial charge < -0.3 is 0 Å². The molecule has 1 saturated carbocycles. The van der Waals surface area contributed by atoms with Crippen LogP contribution in [-0.2, 0) is 0 Å². The second-order valence-corrected chi connectivity index (χ2v) is 3.87. The van der Waals surface area contributed by atoms with E-state index in [-0.39, 0.29) is 0 Å². The third-order valence-corrected chi connectivity index (χ3v) is 3.47. The molecule has 0 bridgehead atoms. The normalized spacial score (nSPS) is 48.0. The lowest BCUT2D eigenvalue weighted by molar-refractivity contribution is 0.367. The zero-order valence-electron chi connectivity index (χ0n) is 6.14. The van der Waals surface area contributed by atoms with Crippen molar-refractivity contribution in [1.82, 2.24) is 0 Å². The lowest BCUT2D eigenvalue weighted by Gasteiger charge is -2.22. The van der Waals surface area contributed by atoms with Crippen molar-refractivity contribution in [3.63, 3.8) is 0 Å². The predicted octanol–water partition coefficient (Wildman–Crippen LogP) is 2.67. The Bertz CT molecular complexity index is 234. The van der Waals surface area contributed by atoms with Crippen LogP contribution in [0.15, 0.2) is 23.8 Å². The molecule has 0 N–H and O–H groups in total. The van der Waals surface area contributed by atoms with Crippen molar-refractivity contribution in [2.75, 3.05) is 0 Å². The van der Waals surface area contributed by atoms with E-state index in [1.807, 2.05) is 0 Å². The Kier molecular flexibility index (Phi) is 0.719. The Balaban J connectivity index is 2.06. The minimum absolute atomic E-state index is 0.731. The quantitative estimate of drug-likeness (QED) is 0.444. The fraction of sp³-hybridized carbons (Fsp3) is 0.600. The second-order valence-electron chi connectivity index (χ2n) is 3.87. The molecule has 2 unspecified atom stereocenters. The summed E-state index contributed by atoms with van der Waals surface area (Å²) >= 11 is 0. The van der Waals surface area contributed by atoms with Gasteiger partial charge in [-0.15, -0.1) is 0 Å². The molecule has 0 aromatic carbocycles. The molecule has 3 aliphatic carbocycles. The Labute approximate surface area is 61.6 Å². The van der Waals surface area contributed by atoms with Crippen LogP contribution in [0, 0.1) is 11.3 Å². The first-order valence-electron chi connectivity index (χ1n) is 4.28. The van der Waals surface area contributed by atoms with Gasteiger partial charge >= 0.3 is 0 Å². The summed E-state index contributed by atoms with van der Waals surface area (Å²) in [6, 6.07) is 0. The molecule has 0 heteroatoms. The van der Waals surface area contributed by atoms with Gasteiger partial charge in [-0.25, -0.2) is 0 Å². The molecule has 0 aromatic rings. The molecular formula is C10H12. The Hall–Kier alpha value is -0.520. The maximum Gasteiger partial charge on any atom is 0.00181 e. The number of hydrogen-bond acceptors (Lipinski definition) is 0. The second kappa shape index (κ2) is 1.39. The SMILES string of the molecule is C1=CC2CC=C3CC32CC1. The van der Waals surface area contributed by atoms with Gasteiger partial charge in [0, 0.05) is 5.41 Å². The van der Waals surface area contributed by atoms with Crippen molar-refractivity contribution in [2.24, 2.45) is 11.3 Å². The van der Waals surface area contributed by atoms with Crippen LogP contribution in [0.2, 0.25) is 0 Å². The van der Waals surface area contributed by atoms with Gasteiger partial charge in [0.25, 0.3) is 0 Å². The van der Waals surface area contributed by atoms with Crippen molar-refractivity contribution in [1.29, 1.82) is 0 Å². The van der Waals surface area contributed by atoms with Gasteiger partial charge in [0.15, 0.2) is 0 Å². The van der Waals surface area contributed by atoms with Crippen LogP contribution in [0.3, 0.4) is 0 Å². The highest BCUT2D eigenvalue weighted by atomic mass is 14.6. The summed E-state index contributed by atoms with van der Waals surface area (Å²) in [4.78, 5) is 0. The van der Waals surface area contributed by atoms with E-state index in [0.717, 1.165) is 11.3 Å². The first kappa shape index (κ1) is 5.17. The van der Waals surface area contributed by atoms with Crippen LogP contribution in [-0.4, -0.2) is 0 Å². The van der Waals surface area contributed by atoms with E-state index in [9.17, 15) is 0 Å². The summed E-state index contributed by atoms with van der Waals surface area (Å²) < 4.78 is 0. The molecule has 52 valence electrons. The minimum atomic E-state index is 0.731. The highest BCUT2D eigenvalue weighted by Crippen LogP contribution is 2.67. The third kappa shape index (κ3) is 0.416. The molecule has 3 aliphatic rings. The van der Waals surface area contributed by atoms with Crippen LogP contribution < -0.4 is 0 Å². The first-order valence-corrected chi connectivity index (χ1v) is 4.28. The fourth-order valence-corrected chi connectivity index (χ4v) is 2.73. The largest absolute Gasteiger partial charge is 0.0882 e. The van der Waals surface area contributed by atoms with E-state index >= 15 is 0 Å². The van der Waals surface area contributed by atoms with E-state index < -0.39 is 0 Å². The Morgan fingerprint density at radius 3 is 3.30 bits per heavy atom. The van der Waals surface area contributed by atoms with Gasteiger partial charge in [0.2, 0.25) is 0 Å². The van der Waals surface area contributed by atoms with Gasteiger partial charge in [-0.05, 0) is 31.6 Å². The van der Waals surface area contributed by atoms with Crippen LogP contribution in [0.5, 0.6) is 0 Å². The number of rotatable bonds is 0. The predicted molar refractivity (Wildman–Crippen MR) is 41.6 cm³/mol. The molecule has 0 amide bonds. The molecular weight excluding hydrogens is 120 g/mol. The molecule has 0 aliphatic heterocycles. The summed E-state index contributed by atoms with van der Waals surface area (Å²) in [7, 11) is 0. The zero-order chi connectivity index (χ0) is 6.60. The highest BCUT2D eigenvalue weighted by Gasteiger charge is 2.56. The molecule has 1 spiro atoms. The lowest BCUT2D eigenvalue weighted by Crippen LogP contribution is -2.13. The van der Waals surface area contributed by atoms with E-state index in [4.69, 9.17) is 0 Å². The van der Waals surface area contributed by atoms with Gasteiger partial charge in [-0.1, -0.05) is 23.8 Å². The smallest absolute Gasteiger partial charge is 0.00181 e. The number of hydrogen-bond donors (Lipinski definition) is 0. The van der Waals surface area contributed by atoms with Gasteiger partial charge in [0.05, 0.1) is 0 Å². The molecule has 2 atom stereocenters. The average molecular weight is 132 g/mol. The zero-order valence-corrected chi connectivity index (χ0v) is 6.14. The van der Waals surface area contributed by atoms with Crippen molar-refractivity contribution in [3.8, 4) is 0 Å². The first-order chi connectivity index (χ1) is 4.92. The fourth-order valence-electron chi connectivity index (χ4n) is 2.73. The summed E-state index contributed by atoms with van der Waals surface area (Å²) in [6.07, 6.45) is 12.8. The van der Waals surface area contributed by atoms with E-state index in [2.05, 4.69) is 18.2 Å². The van der Waals surface area contributed by atoms with Crippen LogP contribution in [0.1, 0.15) is 25.7 Å². The minimum Gasteiger partial charge on any atom is -0.0882 e. The van der Waals surface area contributed by atoms with Crippen molar-refractivity contribution in [2.45, 2.75) is 25.7 Å². The summed E-state index contributed by atoms with van der Waals surface area (Å²) in [5.74, 6) is 0.913. The van der Waals surface area contributed by atoms with E-state index in [0.29, 0.717) is 0 Å². The Morgan fingerprint density at radius 2 is 2.50 bits per heavy atom. The molecule has 1 fully saturated rings. The van der Waals surface area contributed by atoms with Crippen molar-refractivity contribution in [3.05, 3.63) is 23.8 Å². The van der Waals surface area contributed by atoms with Gasteiger partial charge in [-0.3, -0.25) is 0 Å². The molecule has 0 nitrogen and oxygen atoms in total. The van der Waals surface area contributed by atoms with Crippen molar-refractivity contribution < 1.29 is 0 Å². The molecule has 0 aromatic heterocycles. The summed E-state index contributed by atoms with van der Waals surface area (Å²) in [6.45, 7) is 0. The van der Waals surface area contributed by atoms with Crippen LogP contribution in [0.25, 0.3) is 0 Å². The van der Waals surface area contributed by atoms with Crippen LogP contribution >= 0.6 is 0 Å². The molecule has 3 rings (SSSR count). The lowest BCUT2D eigenvalue weighted by atomic mass is 9.81. The standard InChI is InChI=1S/C10H12/c1-2-6-10-7-9(10)5-4-8(10)3-1/h1,3,5,8H,2,4,6-7H2. The van der Waals surface area contributed by atoms with Gasteiger partial charge in [0.1, 0.15) is 0 Å². The Morgan fingerprint density at radius 1 is 1.50 bits per heavy atom.